The summed E-state index contributed by atoms with van der Waals surface area (Å²) in [5, 5.41) is 5.57. The van der Waals surface area contributed by atoms with Crippen molar-refractivity contribution in [1.29, 1.82) is 0 Å². The Kier molecular flexibility index (Phi) is 7.22. The Hall–Kier alpha value is -2.49. The predicted molar refractivity (Wildman–Crippen MR) is 107 cm³/mol. The van der Waals surface area contributed by atoms with Gasteiger partial charge in [-0.2, -0.15) is 26.3 Å². The molecule has 1 aromatic carbocycles. The highest BCUT2D eigenvalue weighted by molar-refractivity contribution is 6.33. The van der Waals surface area contributed by atoms with E-state index in [2.05, 4.69) is 15.6 Å². The first-order valence-corrected chi connectivity index (χ1v) is 10.3. The summed E-state index contributed by atoms with van der Waals surface area (Å²) in [7, 11) is 0. The number of rotatable bonds is 5. The first-order chi connectivity index (χ1) is 14.9. The molecule has 3 rings (SSSR count). The van der Waals surface area contributed by atoms with Crippen LogP contribution in [-0.4, -0.2) is 23.5 Å². The van der Waals surface area contributed by atoms with Crippen LogP contribution in [0, 0.1) is 5.92 Å². The molecule has 0 radical (unpaired) electrons. The van der Waals surface area contributed by atoms with Crippen molar-refractivity contribution in [2.45, 2.75) is 44.1 Å². The van der Waals surface area contributed by atoms with E-state index in [0.717, 1.165) is 36.5 Å². The molecule has 2 aromatic rings. The maximum Gasteiger partial charge on any atom is 0.416 e. The van der Waals surface area contributed by atoms with Gasteiger partial charge >= 0.3 is 12.4 Å². The van der Waals surface area contributed by atoms with Crippen molar-refractivity contribution < 1.29 is 31.1 Å². The van der Waals surface area contributed by atoms with Gasteiger partial charge in [-0.15, -0.1) is 0 Å². The quantitative estimate of drug-likeness (QED) is 0.504. The minimum Gasteiger partial charge on any atom is -0.370 e. The Morgan fingerprint density at radius 1 is 0.969 bits per heavy atom. The van der Waals surface area contributed by atoms with Gasteiger partial charge in [0.1, 0.15) is 5.82 Å². The van der Waals surface area contributed by atoms with E-state index in [-0.39, 0.29) is 28.4 Å². The van der Waals surface area contributed by atoms with Crippen molar-refractivity contribution in [2.24, 2.45) is 5.92 Å². The summed E-state index contributed by atoms with van der Waals surface area (Å²) in [6.07, 6.45) is -5.39. The standard InChI is InChI=1S/C21H20ClF6N3O/c22-17-6-3-13(20(23,24)25)9-16(17)19(32)31-15-4-1-12(2-5-15)11-30-18-10-14(7-8-29-18)21(26,27)28/h3,6-10,12,15H,1-2,4-5,11H2,(H,29,30)(H,31,32)/t12-,15-. The van der Waals surface area contributed by atoms with Crippen molar-refractivity contribution in [3.8, 4) is 0 Å². The van der Waals surface area contributed by atoms with Gasteiger partial charge in [0.05, 0.1) is 21.7 Å². The largest absolute Gasteiger partial charge is 0.416 e. The maximum absolute atomic E-state index is 12.9. The zero-order valence-corrected chi connectivity index (χ0v) is 17.4. The highest BCUT2D eigenvalue weighted by Crippen LogP contribution is 2.33. The number of hydrogen-bond donors (Lipinski definition) is 2. The molecule has 0 bridgehead atoms. The first-order valence-electron chi connectivity index (χ1n) is 9.88. The van der Waals surface area contributed by atoms with Crippen LogP contribution >= 0.6 is 11.6 Å². The number of nitrogens with zero attached hydrogens (tertiary/aromatic N) is 1. The van der Waals surface area contributed by atoms with Gasteiger partial charge in [-0.1, -0.05) is 11.6 Å². The molecule has 1 aromatic heterocycles. The van der Waals surface area contributed by atoms with Crippen molar-refractivity contribution in [1.82, 2.24) is 10.3 Å². The summed E-state index contributed by atoms with van der Waals surface area (Å²) in [6, 6.07) is 4.21. The fourth-order valence-corrected chi connectivity index (χ4v) is 3.81. The summed E-state index contributed by atoms with van der Waals surface area (Å²) in [4.78, 5) is 16.3. The van der Waals surface area contributed by atoms with E-state index in [4.69, 9.17) is 11.6 Å². The third-order valence-corrected chi connectivity index (χ3v) is 5.71. The van der Waals surface area contributed by atoms with Gasteiger partial charge in [-0.3, -0.25) is 4.79 Å². The van der Waals surface area contributed by atoms with E-state index in [1.165, 1.54) is 0 Å². The van der Waals surface area contributed by atoms with Crippen LogP contribution in [-0.2, 0) is 12.4 Å². The summed E-state index contributed by atoms with van der Waals surface area (Å²) < 4.78 is 77.1. The van der Waals surface area contributed by atoms with Gasteiger partial charge < -0.3 is 10.6 Å². The molecule has 11 heteroatoms. The molecule has 174 valence electrons. The number of benzene rings is 1. The highest BCUT2D eigenvalue weighted by atomic mass is 35.5. The van der Waals surface area contributed by atoms with Gasteiger partial charge in [0.25, 0.3) is 5.91 Å². The van der Waals surface area contributed by atoms with Crippen molar-refractivity contribution in [3.05, 3.63) is 58.2 Å². The lowest BCUT2D eigenvalue weighted by Gasteiger charge is -2.29. The third-order valence-electron chi connectivity index (χ3n) is 5.38. The van der Waals surface area contributed by atoms with E-state index in [1.807, 2.05) is 0 Å². The van der Waals surface area contributed by atoms with Crippen molar-refractivity contribution >= 4 is 23.3 Å². The lowest BCUT2D eigenvalue weighted by Crippen LogP contribution is -2.38. The van der Waals surface area contributed by atoms with Gasteiger partial charge in [0.15, 0.2) is 0 Å². The summed E-state index contributed by atoms with van der Waals surface area (Å²) >= 11 is 5.91. The molecule has 1 aliphatic carbocycles. The molecule has 1 amide bonds. The zero-order chi connectivity index (χ0) is 23.5. The second-order valence-electron chi connectivity index (χ2n) is 7.69. The maximum atomic E-state index is 12.9. The van der Waals surface area contributed by atoms with Gasteiger partial charge in [-0.25, -0.2) is 4.98 Å². The fourth-order valence-electron chi connectivity index (χ4n) is 3.60. The van der Waals surface area contributed by atoms with Crippen molar-refractivity contribution in [3.63, 3.8) is 0 Å². The number of carbonyl (C=O) groups excluding carboxylic acids is 1. The zero-order valence-electron chi connectivity index (χ0n) is 16.7. The number of anilines is 1. The topological polar surface area (TPSA) is 54.0 Å². The minimum atomic E-state index is -4.58. The monoisotopic (exact) mass is 479 g/mol. The number of halogens is 7. The molecule has 0 aliphatic heterocycles. The molecule has 2 N–H and O–H groups in total. The highest BCUT2D eigenvalue weighted by Gasteiger charge is 2.32. The Bertz CT molecular complexity index is 955. The minimum absolute atomic E-state index is 0.0676. The summed E-state index contributed by atoms with van der Waals surface area (Å²) in [5.74, 6) is -0.373. The van der Waals surface area contributed by atoms with Crippen LogP contribution in [0.2, 0.25) is 5.02 Å². The normalized spacial score (nSPS) is 19.5. The molecule has 0 spiro atoms. The molecule has 1 aliphatic rings. The average molecular weight is 480 g/mol. The molecule has 4 nitrogen and oxygen atoms in total. The van der Waals surface area contributed by atoms with Crippen LogP contribution in [0.25, 0.3) is 0 Å². The average Bonchev–Trinajstić information content (AvgIpc) is 2.72. The number of hydrogen-bond acceptors (Lipinski definition) is 3. The van der Waals surface area contributed by atoms with Gasteiger partial charge in [-0.05, 0) is 61.9 Å². The molecule has 1 heterocycles. The van der Waals surface area contributed by atoms with E-state index >= 15 is 0 Å². The summed E-state index contributed by atoms with van der Waals surface area (Å²) in [5.41, 5.74) is -1.97. The van der Waals surface area contributed by atoms with Crippen molar-refractivity contribution in [2.75, 3.05) is 11.9 Å². The molecular weight excluding hydrogens is 460 g/mol. The van der Waals surface area contributed by atoms with Crippen LogP contribution in [0.15, 0.2) is 36.5 Å². The smallest absolute Gasteiger partial charge is 0.370 e. The van der Waals surface area contributed by atoms with E-state index in [9.17, 15) is 31.1 Å². The van der Waals surface area contributed by atoms with Crippen LogP contribution in [0.5, 0.6) is 0 Å². The Morgan fingerprint density at radius 2 is 1.59 bits per heavy atom. The van der Waals surface area contributed by atoms with Crippen LogP contribution in [0.1, 0.15) is 47.2 Å². The fraction of sp³-hybridized carbons (Fsp3) is 0.429. The molecule has 0 saturated heterocycles. The molecule has 0 atom stereocenters. The molecule has 1 saturated carbocycles. The molecular formula is C21H20ClF6N3O. The molecule has 0 unspecified atom stereocenters. The third kappa shape index (κ3) is 6.27. The summed E-state index contributed by atoms with van der Waals surface area (Å²) in [6.45, 7) is 0.425. The number of alkyl halides is 6. The van der Waals surface area contributed by atoms with E-state index in [1.54, 1.807) is 0 Å². The number of amides is 1. The number of nitrogens with one attached hydrogen (secondary N) is 2. The van der Waals surface area contributed by atoms with Crippen LogP contribution in [0.3, 0.4) is 0 Å². The van der Waals surface area contributed by atoms with E-state index in [0.29, 0.717) is 32.2 Å². The van der Waals surface area contributed by atoms with Crippen LogP contribution in [0.4, 0.5) is 32.2 Å². The Labute approximate surface area is 185 Å². The van der Waals surface area contributed by atoms with E-state index < -0.39 is 29.4 Å². The van der Waals surface area contributed by atoms with Gasteiger partial charge in [0, 0.05) is 18.8 Å². The van der Waals surface area contributed by atoms with Gasteiger partial charge in [0.2, 0.25) is 0 Å². The lowest BCUT2D eigenvalue weighted by molar-refractivity contribution is -0.138. The number of carbonyl (C=O) groups is 1. The molecule has 32 heavy (non-hydrogen) atoms. The SMILES string of the molecule is O=C(N[C@H]1CC[C@H](CNc2cc(C(F)(F)F)ccn2)CC1)c1cc(C(F)(F)F)ccc1Cl. The Balaban J connectivity index is 1.51. The second kappa shape index (κ2) is 9.56. The lowest BCUT2D eigenvalue weighted by atomic mass is 9.86. The molecule has 1 fully saturated rings. The number of aromatic nitrogens is 1. The predicted octanol–water partition coefficient (Wildman–Crippen LogP) is 6.17. The first kappa shape index (κ1) is 24.2. The Morgan fingerprint density at radius 3 is 2.22 bits per heavy atom. The number of pyridine rings is 1. The van der Waals surface area contributed by atoms with Crippen LogP contribution < -0.4 is 10.6 Å². The second-order valence-corrected chi connectivity index (χ2v) is 8.10.